The molecule has 28 heavy (non-hydrogen) atoms. The van der Waals surface area contributed by atoms with E-state index in [1.807, 2.05) is 6.92 Å². The number of carbonyl (C=O) groups is 2. The van der Waals surface area contributed by atoms with Crippen LogP contribution in [0.15, 0.2) is 35.2 Å². The molecule has 9 heteroatoms. The summed E-state index contributed by atoms with van der Waals surface area (Å²) in [5, 5.41) is 3.01. The Morgan fingerprint density at radius 1 is 1.36 bits per heavy atom. The molecule has 2 amide bonds. The number of nitrogens with two attached hydrogens (primary N) is 1. The van der Waals surface area contributed by atoms with Crippen LogP contribution in [0.4, 0.5) is 0 Å². The summed E-state index contributed by atoms with van der Waals surface area (Å²) < 4.78 is 12.4. The summed E-state index contributed by atoms with van der Waals surface area (Å²) in [4.78, 5) is 33.0. The van der Waals surface area contributed by atoms with Crippen LogP contribution in [0.2, 0.25) is 0 Å². The standard InChI is InChI=1S/C19H21N5O4/c1-11(12-4-7-27-8-5-12)22-19(26)13-9-14(15-3-2-6-28-15)24-10-21-16(17(20)25)18(24)23-13/h2-3,6,9-12H,4-5,7-8H2,1H3,(H2,20,25)(H,22,26). The number of hydrogen-bond acceptors (Lipinski definition) is 6. The normalized spacial score (nSPS) is 16.2. The molecule has 1 unspecified atom stereocenters. The maximum absolute atomic E-state index is 12.9. The third-order valence-corrected chi connectivity index (χ3v) is 5.07. The number of nitrogens with zero attached hydrogens (tertiary/aromatic N) is 3. The van der Waals surface area contributed by atoms with Gasteiger partial charge in [0.25, 0.3) is 11.8 Å². The Balaban J connectivity index is 1.70. The van der Waals surface area contributed by atoms with Crippen molar-refractivity contribution in [3.8, 4) is 11.5 Å². The van der Waals surface area contributed by atoms with Gasteiger partial charge in [0, 0.05) is 19.3 Å². The Hall–Kier alpha value is -3.20. The quantitative estimate of drug-likeness (QED) is 0.690. The highest BCUT2D eigenvalue weighted by molar-refractivity contribution is 5.99. The van der Waals surface area contributed by atoms with E-state index < -0.39 is 5.91 Å². The largest absolute Gasteiger partial charge is 0.463 e. The van der Waals surface area contributed by atoms with Crippen LogP contribution in [0.25, 0.3) is 17.1 Å². The number of nitrogens with one attached hydrogen (secondary N) is 1. The van der Waals surface area contributed by atoms with Gasteiger partial charge in [-0.1, -0.05) is 0 Å². The van der Waals surface area contributed by atoms with Crippen molar-refractivity contribution in [2.24, 2.45) is 11.7 Å². The Morgan fingerprint density at radius 2 is 2.14 bits per heavy atom. The molecule has 0 aromatic carbocycles. The molecule has 1 fully saturated rings. The van der Waals surface area contributed by atoms with E-state index in [0.717, 1.165) is 12.8 Å². The van der Waals surface area contributed by atoms with Gasteiger partial charge in [0.2, 0.25) is 0 Å². The predicted octanol–water partition coefficient (Wildman–Crippen LogP) is 1.63. The lowest BCUT2D eigenvalue weighted by molar-refractivity contribution is 0.0537. The number of aromatic nitrogens is 3. The number of fused-ring (bicyclic) bond motifs is 1. The van der Waals surface area contributed by atoms with E-state index in [1.165, 1.54) is 12.6 Å². The molecular formula is C19H21N5O4. The molecular weight excluding hydrogens is 362 g/mol. The van der Waals surface area contributed by atoms with E-state index in [-0.39, 0.29) is 29.0 Å². The average Bonchev–Trinajstić information content (AvgIpc) is 3.37. The van der Waals surface area contributed by atoms with E-state index in [2.05, 4.69) is 15.3 Å². The van der Waals surface area contributed by atoms with Gasteiger partial charge < -0.3 is 20.2 Å². The minimum Gasteiger partial charge on any atom is -0.463 e. The molecule has 1 saturated heterocycles. The van der Waals surface area contributed by atoms with Crippen LogP contribution < -0.4 is 11.1 Å². The molecule has 9 nitrogen and oxygen atoms in total. The molecule has 1 aliphatic rings. The van der Waals surface area contributed by atoms with Gasteiger partial charge in [-0.25, -0.2) is 9.97 Å². The molecule has 1 atom stereocenters. The summed E-state index contributed by atoms with van der Waals surface area (Å²) in [5.74, 6) is -0.172. The lowest BCUT2D eigenvalue weighted by Crippen LogP contribution is -2.40. The fourth-order valence-electron chi connectivity index (χ4n) is 3.49. The van der Waals surface area contributed by atoms with Crippen molar-refractivity contribution < 1.29 is 18.7 Å². The van der Waals surface area contributed by atoms with E-state index >= 15 is 0 Å². The summed E-state index contributed by atoms with van der Waals surface area (Å²) in [6.45, 7) is 3.39. The van der Waals surface area contributed by atoms with E-state index in [0.29, 0.717) is 30.6 Å². The highest BCUT2D eigenvalue weighted by Crippen LogP contribution is 2.24. The monoisotopic (exact) mass is 383 g/mol. The fraction of sp³-hybridized carbons (Fsp3) is 0.368. The average molecular weight is 383 g/mol. The minimum absolute atomic E-state index is 0.0000612. The molecule has 0 aliphatic carbocycles. The number of carbonyl (C=O) groups excluding carboxylic acids is 2. The number of rotatable bonds is 5. The number of amides is 2. The second-order valence-electron chi connectivity index (χ2n) is 6.87. The van der Waals surface area contributed by atoms with E-state index in [4.69, 9.17) is 14.9 Å². The number of imidazole rings is 1. The van der Waals surface area contributed by atoms with Gasteiger partial charge in [0.1, 0.15) is 12.0 Å². The van der Waals surface area contributed by atoms with Gasteiger partial charge in [-0.15, -0.1) is 0 Å². The molecule has 0 spiro atoms. The van der Waals surface area contributed by atoms with Crippen molar-refractivity contribution in [1.29, 1.82) is 0 Å². The molecule has 0 radical (unpaired) electrons. The van der Waals surface area contributed by atoms with Gasteiger partial charge in [0.05, 0.1) is 12.0 Å². The highest BCUT2D eigenvalue weighted by atomic mass is 16.5. The lowest BCUT2D eigenvalue weighted by atomic mass is 9.93. The van der Waals surface area contributed by atoms with E-state index in [1.54, 1.807) is 22.6 Å². The first-order valence-electron chi connectivity index (χ1n) is 9.15. The molecule has 146 valence electrons. The van der Waals surface area contributed by atoms with Gasteiger partial charge in [-0.05, 0) is 43.9 Å². The molecule has 0 bridgehead atoms. The van der Waals surface area contributed by atoms with Crippen LogP contribution in [0.5, 0.6) is 0 Å². The Labute approximate surface area is 160 Å². The molecule has 4 rings (SSSR count). The zero-order chi connectivity index (χ0) is 19.7. The van der Waals surface area contributed by atoms with Crippen molar-refractivity contribution in [2.45, 2.75) is 25.8 Å². The summed E-state index contributed by atoms with van der Waals surface area (Å²) in [5.41, 5.74) is 6.34. The first kappa shape index (κ1) is 18.2. The smallest absolute Gasteiger partial charge is 0.271 e. The predicted molar refractivity (Wildman–Crippen MR) is 99.7 cm³/mol. The first-order chi connectivity index (χ1) is 13.5. The third-order valence-electron chi connectivity index (χ3n) is 5.07. The topological polar surface area (TPSA) is 125 Å². The van der Waals surface area contributed by atoms with Crippen molar-refractivity contribution in [2.75, 3.05) is 13.2 Å². The van der Waals surface area contributed by atoms with E-state index in [9.17, 15) is 9.59 Å². The van der Waals surface area contributed by atoms with Crippen LogP contribution in [0, 0.1) is 5.92 Å². The zero-order valence-corrected chi connectivity index (χ0v) is 15.4. The van der Waals surface area contributed by atoms with Crippen LogP contribution in [-0.4, -0.2) is 45.4 Å². The van der Waals surface area contributed by atoms with Crippen LogP contribution in [0.1, 0.15) is 40.7 Å². The molecule has 3 aromatic heterocycles. The molecule has 4 heterocycles. The Bertz CT molecular complexity index is 1000. The summed E-state index contributed by atoms with van der Waals surface area (Å²) in [7, 11) is 0. The highest BCUT2D eigenvalue weighted by Gasteiger charge is 2.24. The Morgan fingerprint density at radius 3 is 2.82 bits per heavy atom. The first-order valence-corrected chi connectivity index (χ1v) is 9.15. The number of ether oxygens (including phenoxy) is 1. The van der Waals surface area contributed by atoms with Crippen molar-refractivity contribution in [3.05, 3.63) is 42.2 Å². The maximum Gasteiger partial charge on any atom is 0.271 e. The molecule has 3 aromatic rings. The van der Waals surface area contributed by atoms with Crippen LogP contribution >= 0.6 is 0 Å². The summed E-state index contributed by atoms with van der Waals surface area (Å²) in [6.07, 6.45) is 4.77. The minimum atomic E-state index is -0.714. The zero-order valence-electron chi connectivity index (χ0n) is 15.4. The van der Waals surface area contributed by atoms with Crippen LogP contribution in [0.3, 0.4) is 0 Å². The number of furan rings is 1. The molecule has 0 saturated carbocycles. The molecule has 1 aliphatic heterocycles. The second kappa shape index (κ2) is 7.43. The Kier molecular flexibility index (Phi) is 4.82. The lowest BCUT2D eigenvalue weighted by Gasteiger charge is -2.28. The molecule has 3 N–H and O–H groups in total. The number of hydrogen-bond donors (Lipinski definition) is 2. The van der Waals surface area contributed by atoms with Crippen molar-refractivity contribution in [1.82, 2.24) is 19.7 Å². The van der Waals surface area contributed by atoms with Crippen LogP contribution in [-0.2, 0) is 4.74 Å². The van der Waals surface area contributed by atoms with Crippen molar-refractivity contribution in [3.63, 3.8) is 0 Å². The maximum atomic E-state index is 12.9. The van der Waals surface area contributed by atoms with Gasteiger partial charge in [-0.2, -0.15) is 0 Å². The summed E-state index contributed by atoms with van der Waals surface area (Å²) >= 11 is 0. The van der Waals surface area contributed by atoms with Crippen molar-refractivity contribution >= 4 is 17.5 Å². The second-order valence-corrected chi connectivity index (χ2v) is 6.87. The van der Waals surface area contributed by atoms with Gasteiger partial charge >= 0.3 is 0 Å². The van der Waals surface area contributed by atoms with Gasteiger partial charge in [-0.3, -0.25) is 14.0 Å². The number of primary amides is 1. The third kappa shape index (κ3) is 3.36. The van der Waals surface area contributed by atoms with Gasteiger partial charge in [0.15, 0.2) is 17.1 Å². The fourth-order valence-corrected chi connectivity index (χ4v) is 3.49. The SMILES string of the molecule is CC(NC(=O)c1cc(-c2ccco2)n2cnc(C(N)=O)c2n1)C1CCOCC1. The summed E-state index contributed by atoms with van der Waals surface area (Å²) in [6, 6.07) is 5.08.